The molecule has 0 unspecified atom stereocenters. The van der Waals surface area contributed by atoms with Crippen molar-refractivity contribution in [3.05, 3.63) is 76.8 Å². The molecule has 5 rings (SSSR count). The van der Waals surface area contributed by atoms with Crippen molar-refractivity contribution in [3.63, 3.8) is 0 Å². The Bertz CT molecular complexity index is 1110. The fourth-order valence-corrected chi connectivity index (χ4v) is 4.57. The molecular weight excluding hydrogens is 407 g/mol. The fraction of sp³-hybridized carbons (Fsp3) is 0.346. The lowest BCUT2D eigenvalue weighted by Gasteiger charge is -2.24. The molecule has 0 radical (unpaired) electrons. The molecule has 1 fully saturated rings. The molecule has 2 aromatic carbocycles. The van der Waals surface area contributed by atoms with Crippen LogP contribution in [0.1, 0.15) is 43.4 Å². The second-order valence-corrected chi connectivity index (χ2v) is 9.02. The van der Waals surface area contributed by atoms with Crippen molar-refractivity contribution in [2.75, 3.05) is 18.5 Å². The molecule has 3 aliphatic rings. The number of ether oxygens (including phenoxy) is 2. The number of hydrogen-bond donors (Lipinski definition) is 2. The molecule has 3 aliphatic heterocycles. The van der Waals surface area contributed by atoms with Crippen LogP contribution in [-0.4, -0.2) is 30.8 Å². The van der Waals surface area contributed by atoms with Gasteiger partial charge in [-0.2, -0.15) is 0 Å². The average Bonchev–Trinajstić information content (AvgIpc) is 3.27. The Hall–Kier alpha value is -2.96. The van der Waals surface area contributed by atoms with Gasteiger partial charge >= 0.3 is 0 Å². The van der Waals surface area contributed by atoms with Crippen LogP contribution in [0.4, 0.5) is 10.1 Å². The quantitative estimate of drug-likeness (QED) is 0.688. The maximum atomic E-state index is 13.8. The largest absolute Gasteiger partial charge is 0.482 e. The molecular formula is C26H27FN2O3. The molecule has 0 aliphatic carbocycles. The molecule has 166 valence electrons. The van der Waals surface area contributed by atoms with E-state index in [1.165, 1.54) is 17.7 Å². The lowest BCUT2D eigenvalue weighted by Crippen LogP contribution is -2.34. The van der Waals surface area contributed by atoms with Gasteiger partial charge in [-0.3, -0.25) is 4.79 Å². The van der Waals surface area contributed by atoms with E-state index >= 15 is 0 Å². The molecule has 5 nitrogen and oxygen atoms in total. The highest BCUT2D eigenvalue weighted by Gasteiger charge is 2.38. The Morgan fingerprint density at radius 2 is 1.88 bits per heavy atom. The van der Waals surface area contributed by atoms with Crippen LogP contribution in [0.15, 0.2) is 54.3 Å². The maximum Gasteiger partial charge on any atom is 0.260 e. The summed E-state index contributed by atoms with van der Waals surface area (Å²) in [7, 11) is 0. The van der Waals surface area contributed by atoms with E-state index in [9.17, 15) is 9.18 Å². The number of halogens is 1. The van der Waals surface area contributed by atoms with Gasteiger partial charge in [0.1, 0.15) is 17.2 Å². The Kier molecular flexibility index (Phi) is 5.35. The Balaban J connectivity index is 1.40. The summed E-state index contributed by atoms with van der Waals surface area (Å²) >= 11 is 0. The predicted molar refractivity (Wildman–Crippen MR) is 122 cm³/mol. The highest BCUT2D eigenvalue weighted by atomic mass is 19.1. The zero-order valence-electron chi connectivity index (χ0n) is 18.3. The van der Waals surface area contributed by atoms with Crippen LogP contribution in [0.25, 0.3) is 11.1 Å². The minimum absolute atomic E-state index is 0.275. The first kappa shape index (κ1) is 20.9. The third kappa shape index (κ3) is 3.96. The number of nitrogens with one attached hydrogen (secondary N) is 2. The van der Waals surface area contributed by atoms with Crippen LogP contribution in [0.5, 0.6) is 0 Å². The summed E-state index contributed by atoms with van der Waals surface area (Å²) < 4.78 is 25.5. The summed E-state index contributed by atoms with van der Waals surface area (Å²) in [4.78, 5) is 12.6. The molecule has 32 heavy (non-hydrogen) atoms. The molecule has 2 N–H and O–H groups in total. The topological polar surface area (TPSA) is 59.6 Å². The standard InChI is InChI=1S/C26H27FN2O3/c1-26(2)21(17-5-3-16(4-6-17)15-28-19-9-11-31-12-10-19)14-23(32-26)24-20-13-18(27)7-8-22(20)29-25(24)30/h3-8,13-14,19,28H,9-12,15H2,1-2H3,(H,29,30)/b24-23+. The predicted octanol–water partition coefficient (Wildman–Crippen LogP) is 4.65. The van der Waals surface area contributed by atoms with Crippen molar-refractivity contribution >= 4 is 22.7 Å². The highest BCUT2D eigenvalue weighted by molar-refractivity contribution is 6.32. The van der Waals surface area contributed by atoms with Gasteiger partial charge in [0.15, 0.2) is 0 Å². The molecule has 6 heteroatoms. The van der Waals surface area contributed by atoms with E-state index in [-0.39, 0.29) is 11.7 Å². The molecule has 0 spiro atoms. The van der Waals surface area contributed by atoms with Gasteiger partial charge in [-0.25, -0.2) is 4.39 Å². The van der Waals surface area contributed by atoms with E-state index in [0.717, 1.165) is 43.7 Å². The first-order valence-electron chi connectivity index (χ1n) is 11.1. The zero-order valence-corrected chi connectivity index (χ0v) is 18.3. The molecule has 2 aromatic rings. The van der Waals surface area contributed by atoms with E-state index < -0.39 is 5.60 Å². The number of carbonyl (C=O) groups excluding carboxylic acids is 1. The minimum atomic E-state index is -0.611. The number of allylic oxidation sites excluding steroid dienone is 1. The van der Waals surface area contributed by atoms with E-state index in [0.29, 0.717) is 28.6 Å². The molecule has 0 aromatic heterocycles. The minimum Gasteiger partial charge on any atom is -0.482 e. The monoisotopic (exact) mass is 434 g/mol. The summed E-state index contributed by atoms with van der Waals surface area (Å²) in [6.45, 7) is 6.43. The van der Waals surface area contributed by atoms with Crippen molar-refractivity contribution in [1.82, 2.24) is 5.32 Å². The van der Waals surface area contributed by atoms with Gasteiger partial charge in [0.2, 0.25) is 0 Å². The van der Waals surface area contributed by atoms with Crippen molar-refractivity contribution in [2.24, 2.45) is 0 Å². The summed E-state index contributed by atoms with van der Waals surface area (Å²) in [6.07, 6.45) is 4.01. The average molecular weight is 435 g/mol. The SMILES string of the molecule is CC1(C)O/C(=C2/C(=O)Nc3ccc(F)cc32)C=C1c1ccc(CNC2CCOCC2)cc1. The van der Waals surface area contributed by atoms with Crippen molar-refractivity contribution < 1.29 is 18.7 Å². The van der Waals surface area contributed by atoms with Gasteiger partial charge in [0.05, 0.1) is 5.57 Å². The Morgan fingerprint density at radius 3 is 2.62 bits per heavy atom. The lowest BCUT2D eigenvalue weighted by atomic mass is 9.91. The van der Waals surface area contributed by atoms with Crippen molar-refractivity contribution in [2.45, 2.75) is 44.9 Å². The fourth-order valence-electron chi connectivity index (χ4n) is 4.57. The second-order valence-electron chi connectivity index (χ2n) is 9.02. The normalized spacial score (nSPS) is 22.3. The van der Waals surface area contributed by atoms with E-state index in [1.807, 2.05) is 19.9 Å². The number of anilines is 1. The Morgan fingerprint density at radius 1 is 1.12 bits per heavy atom. The van der Waals surface area contributed by atoms with Crippen molar-refractivity contribution in [1.29, 1.82) is 0 Å². The van der Waals surface area contributed by atoms with Crippen LogP contribution in [0.2, 0.25) is 0 Å². The van der Waals surface area contributed by atoms with Gasteiger partial charge in [0.25, 0.3) is 5.91 Å². The van der Waals surface area contributed by atoms with E-state index in [2.05, 4.69) is 34.9 Å². The third-order valence-corrected chi connectivity index (χ3v) is 6.34. The van der Waals surface area contributed by atoms with E-state index in [1.54, 1.807) is 6.07 Å². The molecule has 3 heterocycles. The van der Waals surface area contributed by atoms with Crippen LogP contribution in [0, 0.1) is 5.82 Å². The summed E-state index contributed by atoms with van der Waals surface area (Å²) in [5.41, 5.74) is 4.15. The number of amides is 1. The van der Waals surface area contributed by atoms with Gasteiger partial charge < -0.3 is 20.1 Å². The van der Waals surface area contributed by atoms with Crippen LogP contribution in [-0.2, 0) is 20.8 Å². The number of hydrogen-bond acceptors (Lipinski definition) is 4. The van der Waals surface area contributed by atoms with Gasteiger partial charge in [-0.15, -0.1) is 0 Å². The number of benzene rings is 2. The third-order valence-electron chi connectivity index (χ3n) is 6.34. The first-order valence-corrected chi connectivity index (χ1v) is 11.1. The number of rotatable bonds is 4. The maximum absolute atomic E-state index is 13.8. The number of fused-ring (bicyclic) bond motifs is 1. The first-order chi connectivity index (χ1) is 15.4. The molecule has 1 saturated heterocycles. The van der Waals surface area contributed by atoms with Crippen LogP contribution < -0.4 is 10.6 Å². The second kappa shape index (κ2) is 8.19. The van der Waals surface area contributed by atoms with Gasteiger partial charge in [0, 0.05) is 42.6 Å². The molecule has 0 atom stereocenters. The summed E-state index contributed by atoms with van der Waals surface area (Å²) in [5, 5.41) is 6.40. The summed E-state index contributed by atoms with van der Waals surface area (Å²) in [6, 6.07) is 13.2. The zero-order chi connectivity index (χ0) is 22.3. The smallest absolute Gasteiger partial charge is 0.260 e. The van der Waals surface area contributed by atoms with Crippen LogP contribution in [0.3, 0.4) is 0 Å². The molecule has 0 bridgehead atoms. The molecule has 0 saturated carbocycles. The Labute approximate surface area is 187 Å². The van der Waals surface area contributed by atoms with E-state index in [4.69, 9.17) is 9.47 Å². The number of carbonyl (C=O) groups is 1. The van der Waals surface area contributed by atoms with Crippen LogP contribution >= 0.6 is 0 Å². The highest BCUT2D eigenvalue weighted by Crippen LogP contribution is 2.44. The lowest BCUT2D eigenvalue weighted by molar-refractivity contribution is -0.111. The van der Waals surface area contributed by atoms with Gasteiger partial charge in [-0.1, -0.05) is 24.3 Å². The molecule has 1 amide bonds. The summed E-state index contributed by atoms with van der Waals surface area (Å²) in [5.74, 6) is -0.190. The van der Waals surface area contributed by atoms with Gasteiger partial charge in [-0.05, 0) is 62.1 Å². The van der Waals surface area contributed by atoms with Crippen molar-refractivity contribution in [3.8, 4) is 0 Å².